The number of rotatable bonds is 2. The maximum atomic E-state index is 13.1. The Hall–Kier alpha value is -3.22. The van der Waals surface area contributed by atoms with E-state index in [2.05, 4.69) is 5.32 Å². The number of barbiturate groups is 1. The van der Waals surface area contributed by atoms with E-state index in [1.54, 1.807) is 12.1 Å². The molecule has 1 aromatic heterocycles. The Labute approximate surface area is 143 Å². The van der Waals surface area contributed by atoms with E-state index in [0.29, 0.717) is 5.56 Å². The molecule has 3 rings (SSSR count). The van der Waals surface area contributed by atoms with Gasteiger partial charge in [-0.25, -0.2) is 9.18 Å². The van der Waals surface area contributed by atoms with Gasteiger partial charge in [-0.15, -0.1) is 0 Å². The molecule has 0 radical (unpaired) electrons. The van der Waals surface area contributed by atoms with Gasteiger partial charge >= 0.3 is 6.03 Å². The van der Waals surface area contributed by atoms with Crippen molar-refractivity contribution in [1.82, 2.24) is 14.8 Å². The lowest BCUT2D eigenvalue weighted by Gasteiger charge is -2.22. The second kappa shape index (κ2) is 6.01. The third kappa shape index (κ3) is 2.84. The second-order valence-electron chi connectivity index (χ2n) is 5.82. The number of amides is 4. The highest BCUT2D eigenvalue weighted by molar-refractivity contribution is 6.30. The quantitative estimate of drug-likeness (QED) is 0.673. The fourth-order valence-corrected chi connectivity index (χ4v) is 2.82. The van der Waals surface area contributed by atoms with E-state index in [9.17, 15) is 18.8 Å². The van der Waals surface area contributed by atoms with Crippen molar-refractivity contribution in [2.45, 2.75) is 13.8 Å². The summed E-state index contributed by atoms with van der Waals surface area (Å²) in [6.07, 6.45) is 1.46. The van der Waals surface area contributed by atoms with Gasteiger partial charge in [0.1, 0.15) is 11.4 Å². The van der Waals surface area contributed by atoms with Crippen LogP contribution in [0.25, 0.3) is 11.8 Å². The summed E-state index contributed by atoms with van der Waals surface area (Å²) >= 11 is 0. The molecular formula is C18H16FN3O3. The van der Waals surface area contributed by atoms with Crippen molar-refractivity contribution in [2.75, 3.05) is 7.05 Å². The number of nitrogens with one attached hydrogen (secondary N) is 1. The molecule has 2 aromatic rings. The standard InChI is InChI=1S/C18H16FN3O3/c1-10-8-12(9-15-16(23)20-18(25)21(3)17(15)24)11(2)22(10)14-6-4-13(19)5-7-14/h4-9H,1-3H3,(H,20,23,25). The Balaban J connectivity index is 2.06. The van der Waals surface area contributed by atoms with Crippen molar-refractivity contribution >= 4 is 23.9 Å². The number of aromatic nitrogens is 1. The molecule has 0 aliphatic carbocycles. The van der Waals surface area contributed by atoms with Crippen LogP contribution in [-0.2, 0) is 9.59 Å². The average molecular weight is 341 g/mol. The summed E-state index contributed by atoms with van der Waals surface area (Å²) in [6, 6.07) is 7.11. The molecule has 0 saturated carbocycles. The van der Waals surface area contributed by atoms with Crippen molar-refractivity contribution in [3.05, 3.63) is 58.7 Å². The molecule has 1 N–H and O–H groups in total. The van der Waals surface area contributed by atoms with E-state index in [4.69, 9.17) is 0 Å². The summed E-state index contributed by atoms with van der Waals surface area (Å²) < 4.78 is 15.0. The minimum absolute atomic E-state index is 0.110. The van der Waals surface area contributed by atoms with Crippen molar-refractivity contribution in [1.29, 1.82) is 0 Å². The topological polar surface area (TPSA) is 71.4 Å². The Kier molecular flexibility index (Phi) is 4.00. The lowest BCUT2D eigenvalue weighted by Crippen LogP contribution is -2.52. The number of carbonyl (C=O) groups excluding carboxylic acids is 3. The third-order valence-corrected chi connectivity index (χ3v) is 4.16. The SMILES string of the molecule is Cc1cc(C=C2C(=O)NC(=O)N(C)C2=O)c(C)n1-c1ccc(F)cc1. The summed E-state index contributed by atoms with van der Waals surface area (Å²) in [6.45, 7) is 3.71. The van der Waals surface area contributed by atoms with E-state index in [0.717, 1.165) is 22.0 Å². The summed E-state index contributed by atoms with van der Waals surface area (Å²) in [5, 5.41) is 2.12. The summed E-state index contributed by atoms with van der Waals surface area (Å²) in [7, 11) is 1.31. The number of nitrogens with zero attached hydrogens (tertiary/aromatic N) is 2. The molecule has 0 atom stereocenters. The minimum Gasteiger partial charge on any atom is -0.318 e. The number of likely N-dealkylation sites (N-methyl/N-ethyl adjacent to an activating group) is 1. The van der Waals surface area contributed by atoms with Crippen LogP contribution in [0.15, 0.2) is 35.9 Å². The number of urea groups is 1. The fraction of sp³-hybridized carbons (Fsp3) is 0.167. The molecule has 128 valence electrons. The molecule has 7 heteroatoms. The lowest BCUT2D eigenvalue weighted by atomic mass is 10.1. The third-order valence-electron chi connectivity index (χ3n) is 4.16. The predicted octanol–water partition coefficient (Wildman–Crippen LogP) is 2.32. The highest BCUT2D eigenvalue weighted by Crippen LogP contribution is 2.24. The fourth-order valence-electron chi connectivity index (χ4n) is 2.82. The normalized spacial score (nSPS) is 16.6. The highest BCUT2D eigenvalue weighted by Gasteiger charge is 2.33. The number of hydrogen-bond donors (Lipinski definition) is 1. The predicted molar refractivity (Wildman–Crippen MR) is 89.5 cm³/mol. The zero-order chi connectivity index (χ0) is 18.3. The number of benzene rings is 1. The zero-order valence-corrected chi connectivity index (χ0v) is 14.0. The van der Waals surface area contributed by atoms with Crippen LogP contribution in [0, 0.1) is 19.7 Å². The Morgan fingerprint density at radius 3 is 2.36 bits per heavy atom. The van der Waals surface area contributed by atoms with Gasteiger partial charge in [-0.05, 0) is 55.8 Å². The number of hydrogen-bond acceptors (Lipinski definition) is 3. The molecule has 4 amide bonds. The number of carbonyl (C=O) groups is 3. The van der Waals surface area contributed by atoms with Gasteiger partial charge in [-0.2, -0.15) is 0 Å². The summed E-state index contributed by atoms with van der Waals surface area (Å²) in [5.74, 6) is -1.70. The maximum Gasteiger partial charge on any atom is 0.331 e. The molecule has 2 heterocycles. The molecule has 0 unspecified atom stereocenters. The van der Waals surface area contributed by atoms with E-state index in [1.807, 2.05) is 24.5 Å². The lowest BCUT2D eigenvalue weighted by molar-refractivity contribution is -0.129. The largest absolute Gasteiger partial charge is 0.331 e. The zero-order valence-electron chi connectivity index (χ0n) is 14.0. The number of aryl methyl sites for hydroxylation is 1. The van der Waals surface area contributed by atoms with Crippen LogP contribution in [0.5, 0.6) is 0 Å². The van der Waals surface area contributed by atoms with Crippen LogP contribution < -0.4 is 5.32 Å². The molecule has 6 nitrogen and oxygen atoms in total. The van der Waals surface area contributed by atoms with Gasteiger partial charge in [0.2, 0.25) is 0 Å². The Morgan fingerprint density at radius 1 is 1.08 bits per heavy atom. The molecule has 1 aliphatic rings. The maximum absolute atomic E-state index is 13.1. The van der Waals surface area contributed by atoms with E-state index in [-0.39, 0.29) is 11.4 Å². The number of halogens is 1. The first-order chi connectivity index (χ1) is 11.8. The van der Waals surface area contributed by atoms with Gasteiger partial charge in [0.25, 0.3) is 11.8 Å². The van der Waals surface area contributed by atoms with Crippen LogP contribution in [0.1, 0.15) is 17.0 Å². The van der Waals surface area contributed by atoms with E-state index >= 15 is 0 Å². The molecule has 0 bridgehead atoms. The van der Waals surface area contributed by atoms with Crippen LogP contribution >= 0.6 is 0 Å². The second-order valence-corrected chi connectivity index (χ2v) is 5.82. The van der Waals surface area contributed by atoms with Crippen molar-refractivity contribution in [2.24, 2.45) is 0 Å². The van der Waals surface area contributed by atoms with Gasteiger partial charge in [-0.3, -0.25) is 19.8 Å². The summed E-state index contributed by atoms with van der Waals surface area (Å²) in [4.78, 5) is 36.5. The van der Waals surface area contributed by atoms with E-state index in [1.165, 1.54) is 25.3 Å². The summed E-state index contributed by atoms with van der Waals surface area (Å²) in [5.41, 5.74) is 2.98. The van der Waals surface area contributed by atoms with E-state index < -0.39 is 17.8 Å². The van der Waals surface area contributed by atoms with Crippen LogP contribution in [0.3, 0.4) is 0 Å². The Morgan fingerprint density at radius 2 is 1.72 bits per heavy atom. The monoisotopic (exact) mass is 341 g/mol. The van der Waals surface area contributed by atoms with Gasteiger partial charge in [0.05, 0.1) is 0 Å². The molecule has 25 heavy (non-hydrogen) atoms. The first kappa shape index (κ1) is 16.6. The molecule has 1 aliphatic heterocycles. The molecule has 1 aromatic carbocycles. The van der Waals surface area contributed by atoms with Crippen molar-refractivity contribution < 1.29 is 18.8 Å². The number of imide groups is 2. The van der Waals surface area contributed by atoms with Gasteiger partial charge in [-0.1, -0.05) is 0 Å². The molecule has 1 saturated heterocycles. The van der Waals surface area contributed by atoms with Gasteiger partial charge in [0.15, 0.2) is 0 Å². The van der Waals surface area contributed by atoms with Crippen LogP contribution in [0.2, 0.25) is 0 Å². The molecule has 1 fully saturated rings. The average Bonchev–Trinajstić information content (AvgIpc) is 2.84. The first-order valence-electron chi connectivity index (χ1n) is 7.59. The highest BCUT2D eigenvalue weighted by atomic mass is 19.1. The van der Waals surface area contributed by atoms with Crippen LogP contribution in [-0.4, -0.2) is 34.4 Å². The first-order valence-corrected chi connectivity index (χ1v) is 7.59. The smallest absolute Gasteiger partial charge is 0.318 e. The minimum atomic E-state index is -0.746. The van der Waals surface area contributed by atoms with Crippen LogP contribution in [0.4, 0.5) is 9.18 Å². The van der Waals surface area contributed by atoms with Crippen molar-refractivity contribution in [3.8, 4) is 5.69 Å². The molecular weight excluding hydrogens is 325 g/mol. The molecule has 0 spiro atoms. The van der Waals surface area contributed by atoms with Gasteiger partial charge < -0.3 is 4.57 Å². The van der Waals surface area contributed by atoms with Crippen molar-refractivity contribution in [3.63, 3.8) is 0 Å². The Bertz CT molecular complexity index is 926. The van der Waals surface area contributed by atoms with Gasteiger partial charge in [0, 0.05) is 24.1 Å².